The first kappa shape index (κ1) is 23.2. The van der Waals surface area contributed by atoms with Crippen LogP contribution in [0.3, 0.4) is 0 Å². The number of ether oxygens (including phenoxy) is 1. The number of H-pyrrole nitrogens is 1. The van der Waals surface area contributed by atoms with Gasteiger partial charge in [0.05, 0.1) is 29.7 Å². The lowest BCUT2D eigenvalue weighted by Gasteiger charge is -2.30. The van der Waals surface area contributed by atoms with Crippen LogP contribution >= 0.6 is 11.6 Å². The molecule has 0 saturated carbocycles. The number of methoxy groups -OCH3 is 1. The third-order valence-corrected chi connectivity index (χ3v) is 6.81. The summed E-state index contributed by atoms with van der Waals surface area (Å²) in [6.07, 6.45) is 2.20. The molecule has 1 atom stereocenters. The molecule has 9 nitrogen and oxygen atoms in total. The molecule has 0 spiro atoms. The first-order chi connectivity index (χ1) is 16.9. The van der Waals surface area contributed by atoms with Crippen molar-refractivity contribution in [1.29, 1.82) is 0 Å². The maximum atomic E-state index is 13.0. The van der Waals surface area contributed by atoms with Gasteiger partial charge in [-0.1, -0.05) is 35.9 Å². The number of halogens is 1. The van der Waals surface area contributed by atoms with Crippen molar-refractivity contribution in [2.75, 3.05) is 20.2 Å². The zero-order valence-corrected chi connectivity index (χ0v) is 19.8. The van der Waals surface area contributed by atoms with Crippen LogP contribution in [-0.4, -0.2) is 69.0 Å². The fraction of sp³-hybridized carbons (Fsp3) is 0.320. The van der Waals surface area contributed by atoms with E-state index >= 15 is 0 Å². The van der Waals surface area contributed by atoms with Crippen LogP contribution in [0.15, 0.2) is 47.6 Å². The number of carbonyl (C=O) groups excluding carboxylic acids is 2. The molecular weight excluding hydrogens is 470 g/mol. The fourth-order valence-corrected chi connectivity index (χ4v) is 4.77. The Morgan fingerprint density at radius 2 is 1.97 bits per heavy atom. The lowest BCUT2D eigenvalue weighted by molar-refractivity contribution is -0.122. The van der Waals surface area contributed by atoms with E-state index in [4.69, 9.17) is 16.3 Å². The van der Waals surface area contributed by atoms with E-state index in [0.717, 1.165) is 11.1 Å². The van der Waals surface area contributed by atoms with Crippen LogP contribution < -0.4 is 4.74 Å². The summed E-state index contributed by atoms with van der Waals surface area (Å²) in [7, 11) is 1.51. The lowest BCUT2D eigenvalue weighted by Crippen LogP contribution is -2.40. The van der Waals surface area contributed by atoms with Gasteiger partial charge in [-0.2, -0.15) is 5.10 Å². The van der Waals surface area contributed by atoms with E-state index in [1.807, 2.05) is 24.3 Å². The van der Waals surface area contributed by atoms with E-state index in [0.29, 0.717) is 65.9 Å². The lowest BCUT2D eigenvalue weighted by atomic mass is 9.95. The zero-order valence-electron chi connectivity index (χ0n) is 19.1. The number of piperidine rings is 1. The molecule has 1 unspecified atom stereocenters. The van der Waals surface area contributed by atoms with E-state index in [1.54, 1.807) is 17.0 Å². The molecule has 1 aliphatic carbocycles. The zero-order chi connectivity index (χ0) is 24.5. The van der Waals surface area contributed by atoms with Crippen molar-refractivity contribution < 1.29 is 19.4 Å². The summed E-state index contributed by atoms with van der Waals surface area (Å²) >= 11 is 6.24. The molecule has 1 fully saturated rings. The van der Waals surface area contributed by atoms with Gasteiger partial charge in [0.1, 0.15) is 11.8 Å². The van der Waals surface area contributed by atoms with E-state index in [1.165, 1.54) is 13.3 Å². The van der Waals surface area contributed by atoms with Gasteiger partial charge < -0.3 is 14.7 Å². The highest BCUT2D eigenvalue weighted by atomic mass is 35.5. The molecule has 3 aromatic rings. The van der Waals surface area contributed by atoms with E-state index in [2.05, 4.69) is 20.2 Å². The molecule has 0 radical (unpaired) electrons. The van der Waals surface area contributed by atoms with Crippen LogP contribution in [-0.2, 0) is 11.2 Å². The maximum absolute atomic E-state index is 13.0. The minimum Gasteiger partial charge on any atom is -0.481 e. The van der Waals surface area contributed by atoms with Crippen LogP contribution in [0.4, 0.5) is 0 Å². The number of fused-ring (bicyclic) bond motifs is 1. The quantitative estimate of drug-likeness (QED) is 0.576. The largest absolute Gasteiger partial charge is 0.481 e. The van der Waals surface area contributed by atoms with Crippen molar-refractivity contribution in [2.45, 2.75) is 25.4 Å². The van der Waals surface area contributed by atoms with Gasteiger partial charge in [0.2, 0.25) is 11.8 Å². The van der Waals surface area contributed by atoms with Crippen molar-refractivity contribution in [3.63, 3.8) is 0 Å². The molecule has 35 heavy (non-hydrogen) atoms. The number of likely N-dealkylation sites (tertiary alicyclic amines) is 1. The van der Waals surface area contributed by atoms with Crippen molar-refractivity contribution in [3.8, 4) is 17.1 Å². The first-order valence-corrected chi connectivity index (χ1v) is 11.8. The Hall–Kier alpha value is -3.56. The van der Waals surface area contributed by atoms with Gasteiger partial charge in [0.25, 0.3) is 5.91 Å². The maximum Gasteiger partial charge on any atom is 0.271 e. The van der Waals surface area contributed by atoms with Gasteiger partial charge in [-0.25, -0.2) is 9.98 Å². The number of aromatic amines is 1. The molecule has 1 aromatic carbocycles. The Bertz CT molecular complexity index is 1310. The molecule has 180 valence electrons. The summed E-state index contributed by atoms with van der Waals surface area (Å²) in [4.78, 5) is 35.9. The summed E-state index contributed by atoms with van der Waals surface area (Å²) in [5, 5.41) is 17.8. The standard InChI is InChI=1S/C25H24ClN5O4/c1-35-22-11-17(18(26)13-27-22)19-12-20(30-29-19)25(34)31-8-6-14(7-9-31)24(33)28-23-16-5-3-2-4-15(16)10-21(23)32/h2-5,11-14,21,32H,6-10H2,1H3,(H,29,30). The van der Waals surface area contributed by atoms with Crippen molar-refractivity contribution >= 4 is 29.1 Å². The third kappa shape index (κ3) is 4.56. The molecule has 1 aliphatic heterocycles. The number of carbonyl (C=O) groups is 2. The topological polar surface area (TPSA) is 121 Å². The number of aliphatic hydroxyl groups excluding tert-OH is 1. The number of aliphatic imine (C=N–C) groups is 1. The van der Waals surface area contributed by atoms with Gasteiger partial charge in [-0.05, 0) is 24.5 Å². The SMILES string of the molecule is COc1cc(-c2cc(C(=O)N3CCC(C(=O)N=C4c5ccccc5CC4O)CC3)[nH]n2)c(Cl)cn1. The Morgan fingerprint density at radius 3 is 2.74 bits per heavy atom. The number of aliphatic hydroxyl groups is 1. The number of benzene rings is 1. The molecule has 0 bridgehead atoms. The van der Waals surface area contributed by atoms with Crippen molar-refractivity contribution in [1.82, 2.24) is 20.1 Å². The highest BCUT2D eigenvalue weighted by Crippen LogP contribution is 2.30. The monoisotopic (exact) mass is 493 g/mol. The van der Waals surface area contributed by atoms with Crippen molar-refractivity contribution in [2.24, 2.45) is 10.9 Å². The summed E-state index contributed by atoms with van der Waals surface area (Å²) in [6.45, 7) is 0.856. The second-order valence-corrected chi connectivity index (χ2v) is 9.06. The Balaban J connectivity index is 1.24. The molecule has 2 N–H and O–H groups in total. The van der Waals surface area contributed by atoms with Crippen LogP contribution in [0.25, 0.3) is 11.3 Å². The van der Waals surface area contributed by atoms with Crippen molar-refractivity contribution in [3.05, 3.63) is 64.4 Å². The van der Waals surface area contributed by atoms with Crippen LogP contribution in [0, 0.1) is 5.92 Å². The van der Waals surface area contributed by atoms with Crippen LogP contribution in [0.5, 0.6) is 5.88 Å². The van der Waals surface area contributed by atoms with Crippen LogP contribution in [0.2, 0.25) is 5.02 Å². The van der Waals surface area contributed by atoms with Gasteiger partial charge in [-0.3, -0.25) is 14.7 Å². The predicted molar refractivity (Wildman–Crippen MR) is 130 cm³/mol. The van der Waals surface area contributed by atoms with Crippen LogP contribution in [0.1, 0.15) is 34.5 Å². The minimum absolute atomic E-state index is 0.196. The average molecular weight is 494 g/mol. The molecule has 2 amide bonds. The number of rotatable bonds is 4. The van der Waals surface area contributed by atoms with E-state index in [-0.39, 0.29) is 17.7 Å². The molecule has 5 rings (SSSR count). The molecule has 2 aliphatic rings. The fourth-order valence-electron chi connectivity index (χ4n) is 4.57. The Morgan fingerprint density at radius 1 is 1.20 bits per heavy atom. The smallest absolute Gasteiger partial charge is 0.271 e. The molecule has 2 aromatic heterocycles. The van der Waals surface area contributed by atoms with E-state index in [9.17, 15) is 14.7 Å². The number of pyridine rings is 1. The summed E-state index contributed by atoms with van der Waals surface area (Å²) in [6, 6.07) is 10.9. The average Bonchev–Trinajstić information content (AvgIpc) is 3.49. The molecule has 10 heteroatoms. The predicted octanol–water partition coefficient (Wildman–Crippen LogP) is 2.92. The molecule has 3 heterocycles. The van der Waals surface area contributed by atoms with Gasteiger partial charge in [0, 0.05) is 42.6 Å². The Kier molecular flexibility index (Phi) is 6.36. The highest BCUT2D eigenvalue weighted by molar-refractivity contribution is 6.33. The van der Waals surface area contributed by atoms with Gasteiger partial charge in [-0.15, -0.1) is 0 Å². The third-order valence-electron chi connectivity index (χ3n) is 6.51. The molecule has 1 saturated heterocycles. The second kappa shape index (κ2) is 9.59. The number of hydrogen-bond donors (Lipinski definition) is 2. The van der Waals surface area contributed by atoms with Gasteiger partial charge >= 0.3 is 0 Å². The number of hydrogen-bond acceptors (Lipinski definition) is 6. The summed E-state index contributed by atoms with van der Waals surface area (Å²) in [5.74, 6) is -0.331. The number of nitrogens with zero attached hydrogens (tertiary/aromatic N) is 4. The Labute approximate surface area is 206 Å². The summed E-state index contributed by atoms with van der Waals surface area (Å²) in [5.41, 5.74) is 3.73. The second-order valence-electron chi connectivity index (χ2n) is 8.65. The first-order valence-electron chi connectivity index (χ1n) is 11.4. The number of aromatic nitrogens is 3. The highest BCUT2D eigenvalue weighted by Gasteiger charge is 2.31. The summed E-state index contributed by atoms with van der Waals surface area (Å²) < 4.78 is 5.14. The number of nitrogens with one attached hydrogen (secondary N) is 1. The van der Waals surface area contributed by atoms with Gasteiger partial charge in [0.15, 0.2) is 0 Å². The normalized spacial score (nSPS) is 19.1. The van der Waals surface area contributed by atoms with E-state index < -0.39 is 6.10 Å². The minimum atomic E-state index is -0.763. The molecular formula is C25H24ClN5O4. The number of amides is 2.